The van der Waals surface area contributed by atoms with E-state index in [4.69, 9.17) is 5.84 Å². The van der Waals surface area contributed by atoms with Gasteiger partial charge in [0.25, 0.3) is 0 Å². The number of pyridine rings is 1. The van der Waals surface area contributed by atoms with E-state index in [9.17, 15) is 0 Å². The van der Waals surface area contributed by atoms with E-state index in [1.54, 1.807) is 0 Å². The van der Waals surface area contributed by atoms with E-state index < -0.39 is 0 Å². The molecule has 2 rings (SSSR count). The number of hydrogen-bond acceptors (Lipinski definition) is 3. The van der Waals surface area contributed by atoms with E-state index in [1.165, 1.54) is 0 Å². The minimum Gasteiger partial charge on any atom is -0.271 e. The predicted octanol–water partition coefficient (Wildman–Crippen LogP) is 1.88. The second kappa shape index (κ2) is 3.88. The molecule has 4 heteroatoms. The summed E-state index contributed by atoms with van der Waals surface area (Å²) in [7, 11) is 0. The molecule has 0 aliphatic rings. The summed E-state index contributed by atoms with van der Waals surface area (Å²) in [6.45, 7) is 6.47. The van der Waals surface area contributed by atoms with Crippen molar-refractivity contribution in [2.75, 3.05) is 0 Å². The lowest BCUT2D eigenvalue weighted by atomic mass is 9.83. The highest BCUT2D eigenvalue weighted by Crippen LogP contribution is 2.33. The van der Waals surface area contributed by atoms with E-state index in [-0.39, 0.29) is 11.5 Å². The summed E-state index contributed by atoms with van der Waals surface area (Å²) < 4.78 is 1.87. The number of hydrogen-bond donors (Lipinski definition) is 2. The van der Waals surface area contributed by atoms with E-state index in [0.717, 1.165) is 11.1 Å². The van der Waals surface area contributed by atoms with E-state index in [1.807, 2.05) is 29.0 Å². The smallest absolute Gasteiger partial charge is 0.0710 e. The van der Waals surface area contributed by atoms with Gasteiger partial charge in [0.15, 0.2) is 0 Å². The zero-order valence-electron chi connectivity index (χ0n) is 9.94. The molecule has 0 radical (unpaired) electrons. The van der Waals surface area contributed by atoms with Crippen LogP contribution >= 0.6 is 0 Å². The van der Waals surface area contributed by atoms with Gasteiger partial charge < -0.3 is 0 Å². The molecule has 0 spiro atoms. The Hall–Kier alpha value is -1.39. The SMILES string of the molecule is CC(C)(C)C(NN)c1cnn2ccccc12. The first-order valence-corrected chi connectivity index (χ1v) is 5.42. The molecule has 4 nitrogen and oxygen atoms in total. The van der Waals surface area contributed by atoms with Gasteiger partial charge in [0.2, 0.25) is 0 Å². The summed E-state index contributed by atoms with van der Waals surface area (Å²) >= 11 is 0. The van der Waals surface area contributed by atoms with Crippen LogP contribution < -0.4 is 11.3 Å². The molecule has 2 heterocycles. The molecule has 0 aromatic carbocycles. The first-order chi connectivity index (χ1) is 7.54. The molecule has 1 atom stereocenters. The number of rotatable bonds is 2. The van der Waals surface area contributed by atoms with Crippen LogP contribution in [0.5, 0.6) is 0 Å². The number of nitrogens with two attached hydrogens (primary N) is 1. The highest BCUT2D eigenvalue weighted by Gasteiger charge is 2.27. The largest absolute Gasteiger partial charge is 0.271 e. The molecule has 0 bridgehead atoms. The minimum absolute atomic E-state index is 0.0497. The molecule has 86 valence electrons. The molecule has 0 saturated heterocycles. The second-order valence-corrected chi connectivity index (χ2v) is 5.10. The predicted molar refractivity (Wildman–Crippen MR) is 64.7 cm³/mol. The first kappa shape index (κ1) is 11.1. The van der Waals surface area contributed by atoms with Gasteiger partial charge in [0.1, 0.15) is 0 Å². The van der Waals surface area contributed by atoms with Crippen molar-refractivity contribution in [2.45, 2.75) is 26.8 Å². The third kappa shape index (κ3) is 1.81. The van der Waals surface area contributed by atoms with Crippen LogP contribution in [-0.4, -0.2) is 9.61 Å². The average Bonchev–Trinajstić information content (AvgIpc) is 2.61. The lowest BCUT2D eigenvalue weighted by Crippen LogP contribution is -2.36. The highest BCUT2D eigenvalue weighted by atomic mass is 15.3. The molecule has 0 aliphatic carbocycles. The average molecular weight is 218 g/mol. The van der Waals surface area contributed by atoms with Crippen molar-refractivity contribution < 1.29 is 0 Å². The van der Waals surface area contributed by atoms with E-state index in [2.05, 4.69) is 37.4 Å². The van der Waals surface area contributed by atoms with Gasteiger partial charge in [-0.2, -0.15) is 5.10 Å². The third-order valence-corrected chi connectivity index (χ3v) is 2.80. The summed E-state index contributed by atoms with van der Waals surface area (Å²) in [6, 6.07) is 6.12. The molecule has 2 aromatic heterocycles. The maximum absolute atomic E-state index is 5.65. The van der Waals surface area contributed by atoms with Gasteiger partial charge in [-0.25, -0.2) is 4.52 Å². The Morgan fingerprint density at radius 1 is 1.38 bits per heavy atom. The van der Waals surface area contributed by atoms with Crippen LogP contribution in [-0.2, 0) is 0 Å². The Morgan fingerprint density at radius 2 is 2.12 bits per heavy atom. The molecule has 0 fully saturated rings. The first-order valence-electron chi connectivity index (χ1n) is 5.42. The second-order valence-electron chi connectivity index (χ2n) is 5.10. The van der Waals surface area contributed by atoms with Crippen molar-refractivity contribution in [1.82, 2.24) is 15.0 Å². The Balaban J connectivity index is 2.54. The van der Waals surface area contributed by atoms with Gasteiger partial charge in [0.05, 0.1) is 17.8 Å². The van der Waals surface area contributed by atoms with Crippen molar-refractivity contribution >= 4 is 5.52 Å². The fourth-order valence-corrected chi connectivity index (χ4v) is 1.98. The zero-order chi connectivity index (χ0) is 11.8. The highest BCUT2D eigenvalue weighted by molar-refractivity contribution is 5.55. The molecule has 1 unspecified atom stereocenters. The molecule has 2 aromatic rings. The minimum atomic E-state index is 0.0497. The number of aromatic nitrogens is 2. The van der Waals surface area contributed by atoms with Crippen LogP contribution in [0.1, 0.15) is 32.4 Å². The normalized spacial score (nSPS) is 14.2. The molecular formula is C12H18N4. The summed E-state index contributed by atoms with van der Waals surface area (Å²) in [6.07, 6.45) is 3.82. The fourth-order valence-electron chi connectivity index (χ4n) is 1.98. The van der Waals surface area contributed by atoms with Crippen LogP contribution in [0.2, 0.25) is 0 Å². The van der Waals surface area contributed by atoms with Crippen molar-refractivity contribution in [1.29, 1.82) is 0 Å². The monoisotopic (exact) mass is 218 g/mol. The Morgan fingerprint density at radius 3 is 2.75 bits per heavy atom. The van der Waals surface area contributed by atoms with E-state index >= 15 is 0 Å². The third-order valence-electron chi connectivity index (χ3n) is 2.80. The number of nitrogens with one attached hydrogen (secondary N) is 1. The molecule has 0 aliphatic heterocycles. The lowest BCUT2D eigenvalue weighted by molar-refractivity contribution is 0.277. The topological polar surface area (TPSA) is 55.3 Å². The zero-order valence-corrected chi connectivity index (χ0v) is 9.94. The van der Waals surface area contributed by atoms with Crippen molar-refractivity contribution in [3.63, 3.8) is 0 Å². The van der Waals surface area contributed by atoms with Crippen molar-refractivity contribution in [2.24, 2.45) is 11.3 Å². The van der Waals surface area contributed by atoms with Gasteiger partial charge in [-0.1, -0.05) is 26.8 Å². The van der Waals surface area contributed by atoms with Crippen LogP contribution in [0.4, 0.5) is 0 Å². The van der Waals surface area contributed by atoms with Gasteiger partial charge in [-0.15, -0.1) is 0 Å². The van der Waals surface area contributed by atoms with E-state index in [0.29, 0.717) is 0 Å². The molecule has 3 N–H and O–H groups in total. The Bertz CT molecular complexity index is 481. The lowest BCUT2D eigenvalue weighted by Gasteiger charge is -2.29. The summed E-state index contributed by atoms with van der Waals surface area (Å²) in [4.78, 5) is 0. The maximum atomic E-state index is 5.65. The van der Waals surface area contributed by atoms with Gasteiger partial charge >= 0.3 is 0 Å². The van der Waals surface area contributed by atoms with Crippen LogP contribution in [0.15, 0.2) is 30.6 Å². The van der Waals surface area contributed by atoms with Crippen LogP contribution in [0, 0.1) is 5.41 Å². The van der Waals surface area contributed by atoms with Crippen molar-refractivity contribution in [3.05, 3.63) is 36.2 Å². The van der Waals surface area contributed by atoms with Gasteiger partial charge in [-0.3, -0.25) is 11.3 Å². The number of nitrogens with zero attached hydrogens (tertiary/aromatic N) is 2. The maximum Gasteiger partial charge on any atom is 0.0710 e. The van der Waals surface area contributed by atoms with Gasteiger partial charge in [-0.05, 0) is 17.5 Å². The Labute approximate surface area is 95.4 Å². The quantitative estimate of drug-likeness (QED) is 0.598. The van der Waals surface area contributed by atoms with Gasteiger partial charge in [0, 0.05) is 11.8 Å². The fraction of sp³-hybridized carbons (Fsp3) is 0.417. The molecule has 16 heavy (non-hydrogen) atoms. The summed E-state index contributed by atoms with van der Waals surface area (Å²) in [5.74, 6) is 5.65. The van der Waals surface area contributed by atoms with Crippen molar-refractivity contribution in [3.8, 4) is 0 Å². The van der Waals surface area contributed by atoms with Crippen LogP contribution in [0.25, 0.3) is 5.52 Å². The Kier molecular flexibility index (Phi) is 2.69. The summed E-state index contributed by atoms with van der Waals surface area (Å²) in [5.41, 5.74) is 5.17. The summed E-state index contributed by atoms with van der Waals surface area (Å²) in [5, 5.41) is 4.32. The number of hydrazine groups is 1. The molecule has 0 saturated carbocycles. The number of fused-ring (bicyclic) bond motifs is 1. The molecule has 0 amide bonds. The standard InChI is InChI=1S/C12H18N4/c1-12(2,3)11(15-13)9-8-14-16-7-5-4-6-10(9)16/h4-8,11,15H,13H2,1-3H3. The van der Waals surface area contributed by atoms with Crippen LogP contribution in [0.3, 0.4) is 0 Å². The molecular weight excluding hydrogens is 200 g/mol.